The molecule has 4 aromatic rings. The van der Waals surface area contributed by atoms with Crippen LogP contribution < -0.4 is 0 Å². The lowest BCUT2D eigenvalue weighted by Gasteiger charge is -2.31. The third kappa shape index (κ3) is 3.47. The second kappa shape index (κ2) is 7.63. The van der Waals surface area contributed by atoms with Gasteiger partial charge in [-0.25, -0.2) is 14.3 Å². The first-order valence-electron chi connectivity index (χ1n) is 9.62. The fourth-order valence-corrected chi connectivity index (χ4v) is 4.47. The summed E-state index contributed by atoms with van der Waals surface area (Å²) in [6.07, 6.45) is 6.91. The van der Waals surface area contributed by atoms with Gasteiger partial charge in [0.15, 0.2) is 0 Å². The van der Waals surface area contributed by atoms with Crippen molar-refractivity contribution in [3.8, 4) is 16.3 Å². The molecule has 3 aromatic heterocycles. The van der Waals surface area contributed by atoms with Gasteiger partial charge >= 0.3 is 0 Å². The molecule has 5 rings (SSSR count). The molecule has 8 heteroatoms. The summed E-state index contributed by atoms with van der Waals surface area (Å²) in [5, 5.41) is 11.0. The number of benzene rings is 1. The Hall–Kier alpha value is -3.26. The van der Waals surface area contributed by atoms with Crippen LogP contribution in [0.3, 0.4) is 0 Å². The molecule has 1 aliphatic rings. The number of carbonyl (C=O) groups excluding carboxylic acids is 1. The molecule has 0 aliphatic carbocycles. The molecule has 0 N–H and O–H groups in total. The van der Waals surface area contributed by atoms with Gasteiger partial charge < -0.3 is 4.90 Å². The number of hydrogen-bond acceptors (Lipinski definition) is 5. The zero-order chi connectivity index (χ0) is 19.6. The molecule has 1 saturated heterocycles. The first kappa shape index (κ1) is 17.8. The highest BCUT2D eigenvalue weighted by Crippen LogP contribution is 2.30. The van der Waals surface area contributed by atoms with Crippen molar-refractivity contribution >= 4 is 17.2 Å². The van der Waals surface area contributed by atoms with E-state index in [2.05, 4.69) is 10.1 Å². The number of amides is 1. The van der Waals surface area contributed by atoms with Gasteiger partial charge in [0.1, 0.15) is 18.3 Å². The minimum atomic E-state index is 0.0348. The van der Waals surface area contributed by atoms with Crippen LogP contribution >= 0.6 is 11.3 Å². The molecule has 1 aliphatic heterocycles. The number of carbonyl (C=O) groups is 1. The lowest BCUT2D eigenvalue weighted by molar-refractivity contribution is 0.0690. The van der Waals surface area contributed by atoms with Crippen molar-refractivity contribution in [2.75, 3.05) is 13.1 Å². The number of thiophene rings is 1. The molecule has 4 heterocycles. The van der Waals surface area contributed by atoms with Crippen molar-refractivity contribution in [1.82, 2.24) is 29.4 Å². The van der Waals surface area contributed by atoms with Crippen LogP contribution in [0.1, 0.15) is 29.2 Å². The van der Waals surface area contributed by atoms with E-state index in [9.17, 15) is 4.79 Å². The number of hydrogen-bond donors (Lipinski definition) is 0. The Morgan fingerprint density at radius 3 is 2.59 bits per heavy atom. The van der Waals surface area contributed by atoms with Gasteiger partial charge in [0.25, 0.3) is 5.91 Å². The van der Waals surface area contributed by atoms with Crippen molar-refractivity contribution < 1.29 is 4.79 Å². The lowest BCUT2D eigenvalue weighted by Crippen LogP contribution is -2.39. The van der Waals surface area contributed by atoms with Crippen LogP contribution in [0.5, 0.6) is 0 Å². The van der Waals surface area contributed by atoms with Crippen LogP contribution in [0.4, 0.5) is 0 Å². The summed E-state index contributed by atoms with van der Waals surface area (Å²) in [5.74, 6) is 0.0348. The second-order valence-corrected chi connectivity index (χ2v) is 8.00. The summed E-state index contributed by atoms with van der Waals surface area (Å²) in [7, 11) is 0. The largest absolute Gasteiger partial charge is 0.338 e. The summed E-state index contributed by atoms with van der Waals surface area (Å²) in [5.41, 5.74) is 2.33. The maximum absolute atomic E-state index is 13.4. The van der Waals surface area contributed by atoms with Crippen LogP contribution in [0.15, 0.2) is 66.7 Å². The highest BCUT2D eigenvalue weighted by Gasteiger charge is 2.28. The molecule has 0 unspecified atom stereocenters. The van der Waals surface area contributed by atoms with E-state index in [0.29, 0.717) is 24.7 Å². The van der Waals surface area contributed by atoms with Gasteiger partial charge in [0.2, 0.25) is 0 Å². The molecule has 0 spiro atoms. The maximum atomic E-state index is 13.4. The SMILES string of the molecule is O=C(c1cn(-c2ccccc2)nc1-c1cccs1)N1CCC(n2cncn2)CC1. The van der Waals surface area contributed by atoms with Crippen LogP contribution in [-0.2, 0) is 0 Å². The summed E-state index contributed by atoms with van der Waals surface area (Å²) in [4.78, 5) is 20.4. The molecule has 146 valence electrons. The molecule has 1 fully saturated rings. The molecule has 1 aromatic carbocycles. The van der Waals surface area contributed by atoms with Gasteiger partial charge in [-0.2, -0.15) is 10.2 Å². The average Bonchev–Trinajstić information content (AvgIpc) is 3.55. The van der Waals surface area contributed by atoms with Crippen molar-refractivity contribution in [3.05, 3.63) is 72.3 Å². The molecular formula is C21H20N6OS. The Bertz CT molecular complexity index is 1080. The minimum Gasteiger partial charge on any atom is -0.338 e. The first-order valence-corrected chi connectivity index (χ1v) is 10.5. The Kier molecular flexibility index (Phi) is 4.69. The van der Waals surface area contributed by atoms with Gasteiger partial charge in [0, 0.05) is 19.3 Å². The van der Waals surface area contributed by atoms with Crippen LogP contribution in [0.2, 0.25) is 0 Å². The standard InChI is InChI=1S/C21H20N6OS/c28-21(25-10-8-17(9-11-25)27-15-22-14-23-27)18-13-26(16-5-2-1-3-6-16)24-20(18)19-7-4-12-29-19/h1-7,12-15,17H,8-11H2. The number of likely N-dealkylation sites (tertiary alicyclic amines) is 1. The molecule has 0 saturated carbocycles. The number of rotatable bonds is 4. The predicted octanol–water partition coefficient (Wildman–Crippen LogP) is 3.67. The Morgan fingerprint density at radius 2 is 1.90 bits per heavy atom. The quantitative estimate of drug-likeness (QED) is 0.520. The monoisotopic (exact) mass is 404 g/mol. The van der Waals surface area contributed by atoms with E-state index < -0.39 is 0 Å². The van der Waals surface area contributed by atoms with E-state index in [1.165, 1.54) is 0 Å². The third-order valence-electron chi connectivity index (χ3n) is 5.28. The number of aromatic nitrogens is 5. The van der Waals surface area contributed by atoms with E-state index in [4.69, 9.17) is 5.10 Å². The van der Waals surface area contributed by atoms with Crippen molar-refractivity contribution in [3.63, 3.8) is 0 Å². The normalized spacial score (nSPS) is 15.0. The predicted molar refractivity (Wildman–Crippen MR) is 111 cm³/mol. The minimum absolute atomic E-state index is 0.0348. The van der Waals surface area contributed by atoms with E-state index >= 15 is 0 Å². The van der Waals surface area contributed by atoms with Gasteiger partial charge in [-0.3, -0.25) is 4.79 Å². The average molecular weight is 404 g/mol. The smallest absolute Gasteiger partial charge is 0.257 e. The van der Waals surface area contributed by atoms with Crippen LogP contribution in [0, 0.1) is 0 Å². The Morgan fingerprint density at radius 1 is 1.07 bits per heavy atom. The van der Waals surface area contributed by atoms with Gasteiger partial charge in [-0.15, -0.1) is 11.3 Å². The molecule has 0 radical (unpaired) electrons. The molecule has 7 nitrogen and oxygen atoms in total. The zero-order valence-electron chi connectivity index (χ0n) is 15.8. The number of nitrogens with zero attached hydrogens (tertiary/aromatic N) is 6. The van der Waals surface area contributed by atoms with Crippen molar-refractivity contribution in [2.24, 2.45) is 0 Å². The van der Waals surface area contributed by atoms with E-state index in [1.54, 1.807) is 28.7 Å². The molecule has 29 heavy (non-hydrogen) atoms. The number of para-hydroxylation sites is 1. The summed E-state index contributed by atoms with van der Waals surface area (Å²) >= 11 is 1.60. The Labute approximate surface area is 172 Å². The molecule has 0 atom stereocenters. The topological polar surface area (TPSA) is 68.8 Å². The fraction of sp³-hybridized carbons (Fsp3) is 0.238. The summed E-state index contributed by atoms with van der Waals surface area (Å²) < 4.78 is 3.69. The van der Waals surface area contributed by atoms with Crippen molar-refractivity contribution in [1.29, 1.82) is 0 Å². The molecular weight excluding hydrogens is 384 g/mol. The van der Waals surface area contributed by atoms with Gasteiger partial charge in [0.05, 0.1) is 22.2 Å². The first-order chi connectivity index (χ1) is 14.3. The van der Waals surface area contributed by atoms with E-state index in [1.807, 2.05) is 63.6 Å². The molecule has 0 bridgehead atoms. The van der Waals surface area contributed by atoms with Crippen LogP contribution in [-0.4, -0.2) is 48.4 Å². The maximum Gasteiger partial charge on any atom is 0.257 e. The third-order valence-corrected chi connectivity index (χ3v) is 6.16. The van der Waals surface area contributed by atoms with Gasteiger partial charge in [-0.05, 0) is 36.4 Å². The molecule has 1 amide bonds. The van der Waals surface area contributed by atoms with E-state index in [0.717, 1.165) is 29.1 Å². The van der Waals surface area contributed by atoms with Gasteiger partial charge in [-0.1, -0.05) is 24.3 Å². The fourth-order valence-electron chi connectivity index (χ4n) is 3.75. The van der Waals surface area contributed by atoms with Crippen molar-refractivity contribution in [2.45, 2.75) is 18.9 Å². The Balaban J connectivity index is 1.42. The lowest BCUT2D eigenvalue weighted by atomic mass is 10.0. The summed E-state index contributed by atoms with van der Waals surface area (Å²) in [6.45, 7) is 1.40. The highest BCUT2D eigenvalue weighted by atomic mass is 32.1. The van der Waals surface area contributed by atoms with E-state index in [-0.39, 0.29) is 5.91 Å². The zero-order valence-corrected chi connectivity index (χ0v) is 16.6. The number of piperidine rings is 1. The second-order valence-electron chi connectivity index (χ2n) is 7.05. The van der Waals surface area contributed by atoms with Crippen LogP contribution in [0.25, 0.3) is 16.3 Å². The highest BCUT2D eigenvalue weighted by molar-refractivity contribution is 7.13. The summed E-state index contributed by atoms with van der Waals surface area (Å²) in [6, 6.07) is 14.2.